The Kier molecular flexibility index (Phi) is 10.5. The highest BCUT2D eigenvalue weighted by molar-refractivity contribution is 7.91. The number of rotatable bonds is 14. The molecule has 0 saturated heterocycles. The van der Waals surface area contributed by atoms with Gasteiger partial charge in [-0.15, -0.1) is 9.45 Å². The summed E-state index contributed by atoms with van der Waals surface area (Å²) >= 11 is 0.281. The lowest BCUT2D eigenvalue weighted by Gasteiger charge is -2.13. The number of nitrogens with one attached hydrogen (secondary N) is 1. The molecule has 2 rings (SSSR count). The van der Waals surface area contributed by atoms with Crippen LogP contribution in [-0.2, 0) is 33.5 Å². The number of azo groups is 1. The molecule has 2 aromatic carbocycles. The van der Waals surface area contributed by atoms with Gasteiger partial charge in [-0.1, -0.05) is 5.04 Å². The molecule has 0 saturated carbocycles. The molecule has 34 heavy (non-hydrogen) atoms. The summed E-state index contributed by atoms with van der Waals surface area (Å²) in [5.41, 5.74) is 0.828. The molecular weight excluding hydrogens is 518 g/mol. The van der Waals surface area contributed by atoms with E-state index in [-0.39, 0.29) is 52.5 Å². The van der Waals surface area contributed by atoms with Crippen molar-refractivity contribution in [2.24, 2.45) is 10.2 Å². The van der Waals surface area contributed by atoms with Crippen molar-refractivity contribution in [3.63, 3.8) is 0 Å². The SMILES string of the molecule is COc1cc(NCS(=O)(=O)O)c(OC)cc1/N=N/c1ccc(S(=O)(=O)CCOSOOO)cc1. The van der Waals surface area contributed by atoms with Crippen LogP contribution in [0.4, 0.5) is 17.1 Å². The molecule has 0 bridgehead atoms. The van der Waals surface area contributed by atoms with Crippen molar-refractivity contribution in [1.29, 1.82) is 0 Å². The fourth-order valence-corrected chi connectivity index (χ4v) is 4.17. The smallest absolute Gasteiger partial charge is 0.283 e. The van der Waals surface area contributed by atoms with Gasteiger partial charge in [0.1, 0.15) is 23.1 Å². The Labute approximate surface area is 199 Å². The maximum Gasteiger partial charge on any atom is 0.283 e. The van der Waals surface area contributed by atoms with Gasteiger partial charge in [0.25, 0.3) is 10.1 Å². The second kappa shape index (κ2) is 12.8. The molecule has 0 aliphatic heterocycles. The molecule has 0 aliphatic rings. The molecule has 14 nitrogen and oxygen atoms in total. The fourth-order valence-electron chi connectivity index (χ4n) is 2.43. The summed E-state index contributed by atoms with van der Waals surface area (Å²) in [5.74, 6) is -0.630. The molecule has 0 aliphatic carbocycles. The molecule has 0 amide bonds. The third-order valence-corrected chi connectivity index (χ3v) is 6.54. The quantitative estimate of drug-likeness (QED) is 0.0792. The minimum Gasteiger partial charge on any atom is -0.495 e. The Morgan fingerprint density at radius 1 is 1.00 bits per heavy atom. The molecule has 0 radical (unpaired) electrons. The largest absolute Gasteiger partial charge is 0.495 e. The van der Waals surface area contributed by atoms with E-state index < -0.39 is 25.8 Å². The van der Waals surface area contributed by atoms with Gasteiger partial charge in [-0.05, 0) is 24.3 Å². The van der Waals surface area contributed by atoms with Crippen molar-refractivity contribution in [2.45, 2.75) is 4.90 Å². The first-order chi connectivity index (χ1) is 16.1. The highest BCUT2D eigenvalue weighted by Crippen LogP contribution is 2.39. The van der Waals surface area contributed by atoms with E-state index in [2.05, 4.69) is 24.9 Å². The summed E-state index contributed by atoms with van der Waals surface area (Å²) in [6.45, 7) is -0.214. The predicted molar refractivity (Wildman–Crippen MR) is 121 cm³/mol. The maximum atomic E-state index is 12.3. The van der Waals surface area contributed by atoms with E-state index in [9.17, 15) is 16.8 Å². The topological polar surface area (TPSA) is 192 Å². The first-order valence-corrected chi connectivity index (χ1v) is 13.0. The van der Waals surface area contributed by atoms with E-state index in [1.807, 2.05) is 0 Å². The Balaban J connectivity index is 2.15. The van der Waals surface area contributed by atoms with E-state index in [0.717, 1.165) is 0 Å². The van der Waals surface area contributed by atoms with Crippen LogP contribution in [0.5, 0.6) is 11.5 Å². The molecule has 0 atom stereocenters. The molecule has 0 unspecified atom stereocenters. The zero-order chi connectivity index (χ0) is 25.2. The summed E-state index contributed by atoms with van der Waals surface area (Å²) in [5, 5.41) is 21.9. The molecule has 0 aromatic heterocycles. The average Bonchev–Trinajstić information content (AvgIpc) is 2.80. The Morgan fingerprint density at radius 3 is 2.26 bits per heavy atom. The van der Waals surface area contributed by atoms with Crippen LogP contribution in [0.2, 0.25) is 0 Å². The molecular formula is C17H21N3O11S3. The number of nitrogens with zero attached hydrogens (tertiary/aromatic N) is 2. The van der Waals surface area contributed by atoms with E-state index in [0.29, 0.717) is 5.69 Å². The minimum absolute atomic E-state index is 0.0351. The van der Waals surface area contributed by atoms with Crippen molar-refractivity contribution in [3.8, 4) is 11.5 Å². The lowest BCUT2D eigenvalue weighted by atomic mass is 10.2. The number of methoxy groups -OCH3 is 2. The Hall–Kier alpha value is -2.51. The zero-order valence-electron chi connectivity index (χ0n) is 17.8. The van der Waals surface area contributed by atoms with Crippen molar-refractivity contribution in [2.75, 3.05) is 37.8 Å². The van der Waals surface area contributed by atoms with Crippen LogP contribution in [-0.4, -0.2) is 59.1 Å². The summed E-state index contributed by atoms with van der Waals surface area (Å²) < 4.78 is 74.7. The average molecular weight is 540 g/mol. The van der Waals surface area contributed by atoms with Crippen molar-refractivity contribution < 1.29 is 49.7 Å². The molecule has 3 N–H and O–H groups in total. The van der Waals surface area contributed by atoms with Gasteiger partial charge in [0.15, 0.2) is 22.2 Å². The number of hydrogen-bond donors (Lipinski definition) is 3. The normalized spacial score (nSPS) is 12.1. The van der Waals surface area contributed by atoms with Gasteiger partial charge in [0.05, 0.1) is 42.8 Å². The van der Waals surface area contributed by atoms with Crippen LogP contribution < -0.4 is 14.8 Å². The van der Waals surface area contributed by atoms with Gasteiger partial charge in [-0.3, -0.25) is 8.74 Å². The molecule has 0 fully saturated rings. The third kappa shape index (κ3) is 8.69. The third-order valence-electron chi connectivity index (χ3n) is 3.96. The van der Waals surface area contributed by atoms with Crippen molar-refractivity contribution in [3.05, 3.63) is 36.4 Å². The number of hydrogen-bond acceptors (Lipinski definition) is 14. The lowest BCUT2D eigenvalue weighted by Crippen LogP contribution is -2.13. The first-order valence-electron chi connectivity index (χ1n) is 9.05. The second-order valence-electron chi connectivity index (χ2n) is 6.17. The van der Waals surface area contributed by atoms with Crippen molar-refractivity contribution in [1.82, 2.24) is 0 Å². The van der Waals surface area contributed by atoms with Crippen LogP contribution in [0.15, 0.2) is 51.5 Å². The predicted octanol–water partition coefficient (Wildman–Crippen LogP) is 3.15. The van der Waals surface area contributed by atoms with Gasteiger partial charge in [-0.25, -0.2) is 13.7 Å². The fraction of sp³-hybridized carbons (Fsp3) is 0.294. The Morgan fingerprint density at radius 2 is 1.68 bits per heavy atom. The van der Waals surface area contributed by atoms with E-state index in [4.69, 9.17) is 23.5 Å². The van der Waals surface area contributed by atoms with Crippen LogP contribution >= 0.6 is 12.3 Å². The monoisotopic (exact) mass is 539 g/mol. The number of ether oxygens (including phenoxy) is 2. The van der Waals surface area contributed by atoms with Crippen LogP contribution in [0.25, 0.3) is 0 Å². The summed E-state index contributed by atoms with van der Waals surface area (Å²) in [7, 11) is -5.18. The van der Waals surface area contributed by atoms with Crippen LogP contribution in [0, 0.1) is 0 Å². The molecule has 188 valence electrons. The standard InChI is InChI=1S/C17H21N3O11S3/c1-27-16-10-15(17(28-2)9-14(16)18-11-34(24,25)26)20-19-12-3-5-13(6-4-12)33(22,23)8-7-29-32-31-30-21/h3-6,9-10,18,21H,7-8,11H2,1-2H3,(H,24,25,26)/b20-19+. The van der Waals surface area contributed by atoms with Crippen LogP contribution in [0.1, 0.15) is 0 Å². The molecule has 0 spiro atoms. The van der Waals surface area contributed by atoms with E-state index in [1.54, 1.807) is 0 Å². The van der Waals surface area contributed by atoms with E-state index >= 15 is 0 Å². The summed E-state index contributed by atoms with van der Waals surface area (Å²) in [6, 6.07) is 8.46. The summed E-state index contributed by atoms with van der Waals surface area (Å²) in [6.07, 6.45) is 0. The molecule has 17 heteroatoms. The van der Waals surface area contributed by atoms with Gasteiger partial charge < -0.3 is 14.8 Å². The van der Waals surface area contributed by atoms with Crippen molar-refractivity contribution >= 4 is 49.3 Å². The van der Waals surface area contributed by atoms with Gasteiger partial charge in [0.2, 0.25) is 0 Å². The Bertz CT molecular complexity index is 1190. The highest BCUT2D eigenvalue weighted by atomic mass is 32.2. The van der Waals surface area contributed by atoms with E-state index in [1.165, 1.54) is 50.6 Å². The minimum atomic E-state index is -4.27. The number of sulfone groups is 1. The maximum absolute atomic E-state index is 12.3. The van der Waals surface area contributed by atoms with Gasteiger partial charge >= 0.3 is 0 Å². The second-order valence-corrected chi connectivity index (χ2v) is 10.2. The lowest BCUT2D eigenvalue weighted by molar-refractivity contribution is -0.434. The first kappa shape index (κ1) is 27.7. The van der Waals surface area contributed by atoms with Gasteiger partial charge in [-0.2, -0.15) is 13.5 Å². The molecule has 2 aromatic rings. The number of benzene rings is 2. The summed E-state index contributed by atoms with van der Waals surface area (Å²) in [4.78, 5) is 0.0351. The molecule has 0 heterocycles. The number of anilines is 1. The van der Waals surface area contributed by atoms with Crippen LogP contribution in [0.3, 0.4) is 0 Å². The zero-order valence-corrected chi connectivity index (χ0v) is 20.2. The van der Waals surface area contributed by atoms with Gasteiger partial charge in [0, 0.05) is 12.1 Å². The highest BCUT2D eigenvalue weighted by Gasteiger charge is 2.15.